The van der Waals surface area contributed by atoms with Gasteiger partial charge in [-0.2, -0.15) is 5.26 Å². The number of imidazole rings is 1. The van der Waals surface area contributed by atoms with Gasteiger partial charge in [0.1, 0.15) is 0 Å². The Balaban J connectivity index is 2.18. The number of benzene rings is 1. The Morgan fingerprint density at radius 2 is 2.21 bits per heavy atom. The van der Waals surface area contributed by atoms with Crippen LogP contribution in [0, 0.1) is 11.3 Å². The van der Waals surface area contributed by atoms with Gasteiger partial charge in [0.2, 0.25) is 0 Å². The zero-order chi connectivity index (χ0) is 13.4. The Hall–Kier alpha value is -2.54. The summed E-state index contributed by atoms with van der Waals surface area (Å²) in [6.07, 6.45) is 4.88. The van der Waals surface area contributed by atoms with Gasteiger partial charge in [0.15, 0.2) is 0 Å². The number of aromatic nitrogens is 2. The zero-order valence-corrected chi connectivity index (χ0v) is 10.6. The molecule has 19 heavy (non-hydrogen) atoms. The number of hydrogen-bond acceptors (Lipinski definition) is 2. The molecule has 0 saturated heterocycles. The average molecular weight is 251 g/mol. The van der Waals surface area contributed by atoms with Crippen LogP contribution in [0.1, 0.15) is 23.5 Å². The summed E-state index contributed by atoms with van der Waals surface area (Å²) in [5, 5.41) is 10.9. The molecule has 1 aromatic carbocycles. The molecule has 4 heteroatoms. The van der Waals surface area contributed by atoms with Crippen molar-refractivity contribution in [2.24, 2.45) is 7.05 Å². The Bertz CT molecular complexity index is 849. The largest absolute Gasteiger partial charge is 0.326 e. The standard InChI is InChI=1S/C15H13N3O/c1-18-14-8-10(6-7-13(14)17-15(18)19)12-5-3-2-4-11(12)9-16/h2-5,7-8,10H,6H2,1H3,(H,17,19). The van der Waals surface area contributed by atoms with Gasteiger partial charge in [-0.05, 0) is 18.1 Å². The number of nitriles is 1. The van der Waals surface area contributed by atoms with Crippen molar-refractivity contribution in [2.45, 2.75) is 12.3 Å². The van der Waals surface area contributed by atoms with Crippen molar-refractivity contribution >= 4 is 12.2 Å². The van der Waals surface area contributed by atoms with Crippen LogP contribution < -0.4 is 16.4 Å². The molecule has 1 N–H and O–H groups in total. The molecular formula is C15H13N3O. The van der Waals surface area contributed by atoms with E-state index in [9.17, 15) is 4.79 Å². The van der Waals surface area contributed by atoms with E-state index in [4.69, 9.17) is 5.26 Å². The third-order valence-corrected chi connectivity index (χ3v) is 3.60. The Morgan fingerprint density at radius 1 is 1.42 bits per heavy atom. The van der Waals surface area contributed by atoms with Crippen LogP contribution in [0.5, 0.6) is 0 Å². The van der Waals surface area contributed by atoms with Gasteiger partial charge in [0.25, 0.3) is 0 Å². The zero-order valence-electron chi connectivity index (χ0n) is 10.6. The van der Waals surface area contributed by atoms with Crippen LogP contribution in [0.25, 0.3) is 12.2 Å². The summed E-state index contributed by atoms with van der Waals surface area (Å²) in [4.78, 5) is 14.4. The summed E-state index contributed by atoms with van der Waals surface area (Å²) in [7, 11) is 1.75. The first-order valence-corrected chi connectivity index (χ1v) is 6.17. The van der Waals surface area contributed by atoms with Crippen molar-refractivity contribution < 1.29 is 0 Å². The number of fused-ring (bicyclic) bond motifs is 1. The normalized spacial score (nSPS) is 16.9. The highest BCUT2D eigenvalue weighted by molar-refractivity contribution is 5.51. The van der Waals surface area contributed by atoms with E-state index in [0.717, 1.165) is 22.7 Å². The molecule has 1 unspecified atom stereocenters. The van der Waals surface area contributed by atoms with E-state index in [1.54, 1.807) is 11.6 Å². The molecule has 0 aliphatic heterocycles. The highest BCUT2D eigenvalue weighted by atomic mass is 16.1. The number of H-pyrrole nitrogens is 1. The molecule has 0 radical (unpaired) electrons. The number of rotatable bonds is 1. The Morgan fingerprint density at radius 3 is 3.00 bits per heavy atom. The molecule has 0 fully saturated rings. The first-order chi connectivity index (χ1) is 9.20. The molecule has 1 aliphatic rings. The summed E-state index contributed by atoms with van der Waals surface area (Å²) in [5.41, 5.74) is 1.61. The third-order valence-electron chi connectivity index (χ3n) is 3.60. The number of aromatic amines is 1. The fourth-order valence-electron chi connectivity index (χ4n) is 2.55. The molecule has 1 aromatic heterocycles. The third kappa shape index (κ3) is 1.80. The maximum atomic E-state index is 11.6. The SMILES string of the molecule is Cn1c(=O)[nH]c2c1=CC(c1ccccc1C#N)CC=2. The lowest BCUT2D eigenvalue weighted by Crippen LogP contribution is -2.33. The highest BCUT2D eigenvalue weighted by Crippen LogP contribution is 2.25. The molecule has 0 saturated carbocycles. The second-order valence-electron chi connectivity index (χ2n) is 4.70. The van der Waals surface area contributed by atoms with E-state index < -0.39 is 0 Å². The van der Waals surface area contributed by atoms with Gasteiger partial charge in [0.05, 0.1) is 22.3 Å². The quantitative estimate of drug-likeness (QED) is 0.794. The van der Waals surface area contributed by atoms with Crippen LogP contribution in [0.4, 0.5) is 0 Å². The van der Waals surface area contributed by atoms with Gasteiger partial charge in [-0.15, -0.1) is 0 Å². The van der Waals surface area contributed by atoms with Gasteiger partial charge in [-0.25, -0.2) is 4.79 Å². The summed E-state index contributed by atoms with van der Waals surface area (Å²) >= 11 is 0. The van der Waals surface area contributed by atoms with E-state index >= 15 is 0 Å². The second kappa shape index (κ2) is 4.29. The summed E-state index contributed by atoms with van der Waals surface area (Å²) < 4.78 is 1.60. The second-order valence-corrected chi connectivity index (χ2v) is 4.70. The smallest absolute Gasteiger partial charge is 0.306 e. The van der Waals surface area contributed by atoms with Crippen LogP contribution >= 0.6 is 0 Å². The van der Waals surface area contributed by atoms with Crippen molar-refractivity contribution in [1.29, 1.82) is 5.26 Å². The van der Waals surface area contributed by atoms with Gasteiger partial charge < -0.3 is 4.98 Å². The van der Waals surface area contributed by atoms with E-state index in [1.165, 1.54) is 0 Å². The summed E-state index contributed by atoms with van der Waals surface area (Å²) in [6, 6.07) is 9.84. The van der Waals surface area contributed by atoms with Crippen molar-refractivity contribution in [3.63, 3.8) is 0 Å². The molecule has 0 spiro atoms. The first-order valence-electron chi connectivity index (χ1n) is 6.17. The van der Waals surface area contributed by atoms with Gasteiger partial charge in [-0.1, -0.05) is 30.4 Å². The van der Waals surface area contributed by atoms with Crippen LogP contribution in [-0.4, -0.2) is 9.55 Å². The van der Waals surface area contributed by atoms with Gasteiger partial charge in [-0.3, -0.25) is 4.57 Å². The molecule has 1 atom stereocenters. The topological polar surface area (TPSA) is 61.6 Å². The van der Waals surface area contributed by atoms with Crippen LogP contribution in [0.2, 0.25) is 0 Å². The minimum atomic E-state index is -0.105. The Labute approximate surface area is 109 Å². The maximum Gasteiger partial charge on any atom is 0.326 e. The predicted octanol–water partition coefficient (Wildman–Crippen LogP) is 0.334. The molecule has 1 aliphatic carbocycles. The summed E-state index contributed by atoms with van der Waals surface area (Å²) in [6.45, 7) is 0. The lowest BCUT2D eigenvalue weighted by atomic mass is 9.90. The van der Waals surface area contributed by atoms with E-state index in [2.05, 4.69) is 17.1 Å². The van der Waals surface area contributed by atoms with Crippen molar-refractivity contribution in [3.05, 3.63) is 56.6 Å². The minimum Gasteiger partial charge on any atom is -0.306 e. The summed E-state index contributed by atoms with van der Waals surface area (Å²) in [5.74, 6) is 0.143. The van der Waals surface area contributed by atoms with Crippen molar-refractivity contribution in [2.75, 3.05) is 0 Å². The Kier molecular flexibility index (Phi) is 2.60. The monoisotopic (exact) mass is 251 g/mol. The van der Waals surface area contributed by atoms with Crippen LogP contribution in [0.15, 0.2) is 29.1 Å². The molecule has 0 amide bonds. The molecule has 94 valence electrons. The highest BCUT2D eigenvalue weighted by Gasteiger charge is 2.15. The lowest BCUT2D eigenvalue weighted by Gasteiger charge is -2.14. The van der Waals surface area contributed by atoms with E-state index in [-0.39, 0.29) is 11.6 Å². The maximum absolute atomic E-state index is 11.6. The number of nitrogens with one attached hydrogen (secondary N) is 1. The molecule has 4 nitrogen and oxygen atoms in total. The fraction of sp³-hybridized carbons (Fsp3) is 0.200. The van der Waals surface area contributed by atoms with E-state index in [1.807, 2.05) is 30.3 Å². The average Bonchev–Trinajstić information content (AvgIpc) is 2.74. The lowest BCUT2D eigenvalue weighted by molar-refractivity contribution is 0.819. The molecule has 3 rings (SSSR count). The first kappa shape index (κ1) is 11.5. The van der Waals surface area contributed by atoms with Gasteiger partial charge >= 0.3 is 5.69 Å². The minimum absolute atomic E-state index is 0.105. The fourth-order valence-corrected chi connectivity index (χ4v) is 2.55. The molecule has 0 bridgehead atoms. The molecule has 1 heterocycles. The van der Waals surface area contributed by atoms with Gasteiger partial charge in [0, 0.05) is 13.0 Å². The molecule has 2 aromatic rings. The predicted molar refractivity (Wildman–Crippen MR) is 72.7 cm³/mol. The van der Waals surface area contributed by atoms with E-state index in [0.29, 0.717) is 5.56 Å². The van der Waals surface area contributed by atoms with Crippen molar-refractivity contribution in [1.82, 2.24) is 9.55 Å². The van der Waals surface area contributed by atoms with Crippen LogP contribution in [0.3, 0.4) is 0 Å². The number of hydrogen-bond donors (Lipinski definition) is 1. The molecular weight excluding hydrogens is 238 g/mol. The van der Waals surface area contributed by atoms with Crippen LogP contribution in [-0.2, 0) is 7.05 Å². The van der Waals surface area contributed by atoms with Crippen molar-refractivity contribution in [3.8, 4) is 6.07 Å². The number of nitrogens with zero attached hydrogens (tertiary/aromatic N) is 2.